The van der Waals surface area contributed by atoms with Gasteiger partial charge < -0.3 is 10.6 Å². The van der Waals surface area contributed by atoms with Crippen LogP contribution in [-0.4, -0.2) is 12.1 Å². The predicted molar refractivity (Wildman–Crippen MR) is 14.2 cm³/mol. The van der Waals surface area contributed by atoms with Gasteiger partial charge in [-0.15, -0.1) is 6.61 Å². The average molecular weight is 102 g/mol. The minimum atomic E-state index is 0. The molecule has 0 aliphatic heterocycles. The fourth-order valence-corrected chi connectivity index (χ4v) is 0. The Morgan fingerprint density at radius 2 is 1.60 bits per heavy atom. The molecule has 0 spiro atoms. The molecule has 0 aromatic carbocycles. The van der Waals surface area contributed by atoms with Gasteiger partial charge in [-0.25, -0.2) is 0 Å². The van der Waals surface area contributed by atoms with Crippen LogP contribution in [0.4, 0.5) is 0 Å². The minimum Gasteiger partial charge on any atom is -0.855 e. The maximum absolute atomic E-state index is 8.93. The van der Waals surface area contributed by atoms with E-state index in [1.54, 1.807) is 6.92 Å². The Bertz CT molecular complexity index is 7.61. The van der Waals surface area contributed by atoms with Gasteiger partial charge in [-0.1, -0.05) is 6.92 Å². The van der Waals surface area contributed by atoms with Gasteiger partial charge >= 0.3 is 51.4 Å². The molecule has 0 rings (SSSR count). The van der Waals surface area contributed by atoms with Gasteiger partial charge in [0.1, 0.15) is 0 Å². The molecule has 5 heavy (non-hydrogen) atoms. The summed E-state index contributed by atoms with van der Waals surface area (Å²) in [5.41, 5.74) is 0. The zero-order chi connectivity index (χ0) is 2.71. The standard InChI is InChI=1S/C2H5O.K.H2O/c1-2-3;;/h2H2,1H3;;1H2/q-1;+1;. The van der Waals surface area contributed by atoms with Crippen LogP contribution in [0.15, 0.2) is 0 Å². The van der Waals surface area contributed by atoms with Gasteiger partial charge in [0.05, 0.1) is 0 Å². The van der Waals surface area contributed by atoms with Crippen LogP contribution in [0.5, 0.6) is 0 Å². The Kier molecular flexibility index (Phi) is 56.5. The van der Waals surface area contributed by atoms with Crippen molar-refractivity contribution in [1.82, 2.24) is 0 Å². The first-order valence-electron chi connectivity index (χ1n) is 0.996. The molecule has 0 saturated carbocycles. The molecule has 0 aliphatic rings. The van der Waals surface area contributed by atoms with Gasteiger partial charge in [-0.05, 0) is 0 Å². The molecule has 2 nitrogen and oxygen atoms in total. The second-order valence-corrected chi connectivity index (χ2v) is 0.289. The van der Waals surface area contributed by atoms with E-state index in [4.69, 9.17) is 5.11 Å². The van der Waals surface area contributed by atoms with Crippen molar-refractivity contribution in [2.75, 3.05) is 6.61 Å². The molecule has 0 fully saturated rings. The quantitative estimate of drug-likeness (QED) is 0.285. The van der Waals surface area contributed by atoms with Crippen molar-refractivity contribution in [3.05, 3.63) is 0 Å². The summed E-state index contributed by atoms with van der Waals surface area (Å²) in [6.07, 6.45) is 0. The first-order chi connectivity index (χ1) is 1.41. The number of rotatable bonds is 0. The summed E-state index contributed by atoms with van der Waals surface area (Å²) in [4.78, 5) is 0. The van der Waals surface area contributed by atoms with Crippen LogP contribution in [0.2, 0.25) is 0 Å². The molecule has 0 saturated heterocycles. The molecule has 0 aromatic heterocycles. The first kappa shape index (κ1) is 16.0. The van der Waals surface area contributed by atoms with E-state index in [0.717, 1.165) is 0 Å². The number of hydrogen-bond acceptors (Lipinski definition) is 1. The van der Waals surface area contributed by atoms with E-state index in [9.17, 15) is 0 Å². The molecule has 0 aromatic rings. The van der Waals surface area contributed by atoms with E-state index in [2.05, 4.69) is 0 Å². The van der Waals surface area contributed by atoms with Gasteiger partial charge in [-0.3, -0.25) is 0 Å². The molecule has 0 aliphatic carbocycles. The molecular weight excluding hydrogens is 95.1 g/mol. The van der Waals surface area contributed by atoms with Gasteiger partial charge in [0.15, 0.2) is 0 Å². The Labute approximate surface area is 74.3 Å². The van der Waals surface area contributed by atoms with Crippen molar-refractivity contribution in [3.63, 3.8) is 0 Å². The predicted octanol–water partition coefficient (Wildman–Crippen LogP) is -4.45. The Balaban J connectivity index is -0.0000000200. The second kappa shape index (κ2) is 17.7. The Morgan fingerprint density at radius 1 is 1.60 bits per heavy atom. The van der Waals surface area contributed by atoms with E-state index < -0.39 is 0 Å². The van der Waals surface area contributed by atoms with Gasteiger partial charge in [-0.2, -0.15) is 0 Å². The monoisotopic (exact) mass is 102 g/mol. The Morgan fingerprint density at radius 3 is 1.60 bits per heavy atom. The Hall–Kier alpha value is 1.56. The molecule has 28 valence electrons. The molecule has 3 heteroatoms. The zero-order valence-corrected chi connectivity index (χ0v) is 6.74. The SMILES string of the molecule is CC[O-].O.[K+]. The van der Waals surface area contributed by atoms with Gasteiger partial charge in [0.2, 0.25) is 0 Å². The smallest absolute Gasteiger partial charge is 0.855 e. The van der Waals surface area contributed by atoms with Crippen molar-refractivity contribution in [2.24, 2.45) is 0 Å². The maximum atomic E-state index is 8.93. The van der Waals surface area contributed by atoms with Crippen LogP contribution in [0.25, 0.3) is 0 Å². The average Bonchev–Trinajstić information content (AvgIpc) is 0.918. The summed E-state index contributed by atoms with van der Waals surface area (Å²) in [6, 6.07) is 0. The second-order valence-electron chi connectivity index (χ2n) is 0.289. The molecule has 0 heterocycles. The fraction of sp³-hybridized carbons (Fsp3) is 1.00. The van der Waals surface area contributed by atoms with Gasteiger partial charge in [0.25, 0.3) is 0 Å². The van der Waals surface area contributed by atoms with Crippen LogP contribution in [0.1, 0.15) is 6.92 Å². The minimum absolute atomic E-state index is 0. The van der Waals surface area contributed by atoms with E-state index in [1.807, 2.05) is 0 Å². The molecule has 0 amide bonds. The van der Waals surface area contributed by atoms with Crippen LogP contribution in [0.3, 0.4) is 0 Å². The third-order valence-corrected chi connectivity index (χ3v) is 0. The van der Waals surface area contributed by atoms with Crippen molar-refractivity contribution in [1.29, 1.82) is 0 Å². The molecule has 2 N–H and O–H groups in total. The summed E-state index contributed by atoms with van der Waals surface area (Å²) in [5, 5.41) is 8.93. The van der Waals surface area contributed by atoms with E-state index in [-0.39, 0.29) is 63.5 Å². The molecular formula is C2H7KO2. The van der Waals surface area contributed by atoms with E-state index in [0.29, 0.717) is 0 Å². The summed E-state index contributed by atoms with van der Waals surface area (Å²) in [5.74, 6) is 0. The number of hydrogen-bond donors (Lipinski definition) is 0. The molecule has 0 atom stereocenters. The van der Waals surface area contributed by atoms with Crippen molar-refractivity contribution >= 4 is 0 Å². The van der Waals surface area contributed by atoms with E-state index >= 15 is 0 Å². The van der Waals surface area contributed by atoms with Crippen molar-refractivity contribution < 1.29 is 62.0 Å². The van der Waals surface area contributed by atoms with Crippen LogP contribution >= 0.6 is 0 Å². The molecule has 0 radical (unpaired) electrons. The first-order valence-corrected chi connectivity index (χ1v) is 0.996. The summed E-state index contributed by atoms with van der Waals surface area (Å²) in [6.45, 7) is 1.57. The topological polar surface area (TPSA) is 54.6 Å². The zero-order valence-electron chi connectivity index (χ0n) is 3.62. The molecule has 0 unspecified atom stereocenters. The van der Waals surface area contributed by atoms with Crippen LogP contribution in [-0.2, 0) is 0 Å². The third kappa shape index (κ3) is 29.0. The summed E-state index contributed by atoms with van der Waals surface area (Å²) < 4.78 is 0. The summed E-state index contributed by atoms with van der Waals surface area (Å²) in [7, 11) is 0. The largest absolute Gasteiger partial charge is 1.00 e. The molecule has 0 bridgehead atoms. The van der Waals surface area contributed by atoms with Crippen LogP contribution in [0, 0.1) is 0 Å². The van der Waals surface area contributed by atoms with Crippen molar-refractivity contribution in [2.45, 2.75) is 6.92 Å². The van der Waals surface area contributed by atoms with E-state index in [1.165, 1.54) is 0 Å². The van der Waals surface area contributed by atoms with Crippen molar-refractivity contribution in [3.8, 4) is 0 Å². The third-order valence-electron chi connectivity index (χ3n) is 0. The normalized spacial score (nSPS) is 3.60. The summed E-state index contributed by atoms with van der Waals surface area (Å²) >= 11 is 0. The fourth-order valence-electron chi connectivity index (χ4n) is 0. The van der Waals surface area contributed by atoms with Crippen LogP contribution < -0.4 is 56.5 Å². The van der Waals surface area contributed by atoms with Gasteiger partial charge in [0, 0.05) is 0 Å². The maximum Gasteiger partial charge on any atom is 1.00 e.